The summed E-state index contributed by atoms with van der Waals surface area (Å²) in [4.78, 5) is 0. The molecule has 0 saturated heterocycles. The molecule has 1 aromatic carbocycles. The average Bonchev–Trinajstić information content (AvgIpc) is 2.33. The van der Waals surface area contributed by atoms with Gasteiger partial charge in [-0.15, -0.1) is 6.58 Å². The van der Waals surface area contributed by atoms with Crippen molar-refractivity contribution in [3.8, 4) is 0 Å². The van der Waals surface area contributed by atoms with Gasteiger partial charge in [0.25, 0.3) is 0 Å². The average molecular weight is 297 g/mol. The second-order valence-electron chi connectivity index (χ2n) is 4.27. The van der Waals surface area contributed by atoms with Gasteiger partial charge >= 0.3 is 12.4 Å². The number of allylic oxidation sites excluding steroid dienone is 1. The molecule has 1 rings (SSSR count). The molecule has 20 heavy (non-hydrogen) atoms. The molecule has 0 unspecified atom stereocenters. The molecule has 0 aromatic heterocycles. The lowest BCUT2D eigenvalue weighted by Crippen LogP contribution is -2.19. The predicted molar refractivity (Wildman–Crippen MR) is 62.8 cm³/mol. The molecule has 1 nitrogen and oxygen atoms in total. The van der Waals surface area contributed by atoms with Crippen LogP contribution in [0.25, 0.3) is 0 Å². The fourth-order valence-electron chi connectivity index (χ4n) is 1.75. The second kappa shape index (κ2) is 5.87. The molecule has 0 amide bonds. The quantitative estimate of drug-likeness (QED) is 0.633. The molecule has 1 aromatic rings. The van der Waals surface area contributed by atoms with Crippen LogP contribution in [0, 0.1) is 0 Å². The number of benzene rings is 1. The Labute approximate surface area is 112 Å². The van der Waals surface area contributed by atoms with Crippen LogP contribution < -0.4 is 5.73 Å². The van der Waals surface area contributed by atoms with E-state index >= 15 is 0 Å². The highest BCUT2D eigenvalue weighted by molar-refractivity contribution is 5.37. The Balaban J connectivity index is 3.28. The van der Waals surface area contributed by atoms with E-state index in [1.54, 1.807) is 0 Å². The van der Waals surface area contributed by atoms with Crippen LogP contribution in [0.3, 0.4) is 0 Å². The van der Waals surface area contributed by atoms with E-state index in [0.29, 0.717) is 12.5 Å². The van der Waals surface area contributed by atoms with E-state index in [4.69, 9.17) is 5.73 Å². The summed E-state index contributed by atoms with van der Waals surface area (Å²) in [6.45, 7) is 3.42. The molecular weight excluding hydrogens is 284 g/mol. The van der Waals surface area contributed by atoms with Crippen molar-refractivity contribution in [3.05, 3.63) is 47.5 Å². The van der Waals surface area contributed by atoms with E-state index in [1.165, 1.54) is 6.08 Å². The Bertz CT molecular complexity index is 475. The van der Waals surface area contributed by atoms with Crippen LogP contribution in [-0.2, 0) is 12.4 Å². The summed E-state index contributed by atoms with van der Waals surface area (Å²) in [5.41, 5.74) is 2.58. The van der Waals surface area contributed by atoms with E-state index in [1.807, 2.05) is 0 Å². The monoisotopic (exact) mass is 297 g/mol. The maximum atomic E-state index is 12.9. The Kier molecular flexibility index (Phi) is 4.86. The molecule has 0 aliphatic rings. The van der Waals surface area contributed by atoms with Gasteiger partial charge in [0.1, 0.15) is 0 Å². The SMILES string of the molecule is C=CCC[C@H](N)c1ccc(C(F)(F)F)cc1C(F)(F)F. The highest BCUT2D eigenvalue weighted by Gasteiger charge is 2.38. The topological polar surface area (TPSA) is 26.0 Å². The van der Waals surface area contributed by atoms with E-state index < -0.39 is 29.5 Å². The molecule has 0 radical (unpaired) electrons. The van der Waals surface area contributed by atoms with E-state index in [-0.39, 0.29) is 18.1 Å². The first-order chi connectivity index (χ1) is 9.07. The largest absolute Gasteiger partial charge is 0.416 e. The zero-order chi connectivity index (χ0) is 15.6. The first kappa shape index (κ1) is 16.6. The molecule has 0 saturated carbocycles. The van der Waals surface area contributed by atoms with Crippen LogP contribution in [-0.4, -0.2) is 0 Å². The van der Waals surface area contributed by atoms with E-state index in [9.17, 15) is 26.3 Å². The minimum atomic E-state index is -4.89. The van der Waals surface area contributed by atoms with Gasteiger partial charge in [-0.1, -0.05) is 12.1 Å². The molecule has 1 atom stereocenters. The third-order valence-electron chi connectivity index (χ3n) is 2.77. The molecule has 0 fully saturated rings. The zero-order valence-corrected chi connectivity index (χ0v) is 10.4. The second-order valence-corrected chi connectivity index (χ2v) is 4.27. The fourth-order valence-corrected chi connectivity index (χ4v) is 1.75. The number of nitrogens with two attached hydrogens (primary N) is 1. The lowest BCUT2D eigenvalue weighted by molar-refractivity contribution is -0.143. The van der Waals surface area contributed by atoms with Crippen molar-refractivity contribution in [2.75, 3.05) is 0 Å². The summed E-state index contributed by atoms with van der Waals surface area (Å²) < 4.78 is 76.0. The molecule has 0 spiro atoms. The molecular formula is C13H13F6N. The normalized spacial score (nSPS) is 14.2. The van der Waals surface area contributed by atoms with Gasteiger partial charge in [-0.25, -0.2) is 0 Å². The summed E-state index contributed by atoms with van der Waals surface area (Å²) in [6.07, 6.45) is -7.68. The van der Waals surface area contributed by atoms with E-state index in [0.717, 1.165) is 6.07 Å². The Morgan fingerprint density at radius 2 is 1.70 bits per heavy atom. The number of hydrogen-bond acceptors (Lipinski definition) is 1. The summed E-state index contributed by atoms with van der Waals surface area (Å²) in [5, 5.41) is 0. The smallest absolute Gasteiger partial charge is 0.324 e. The third-order valence-corrected chi connectivity index (χ3v) is 2.77. The molecule has 0 aliphatic heterocycles. The molecule has 7 heteroatoms. The maximum absolute atomic E-state index is 12.9. The highest BCUT2D eigenvalue weighted by Crippen LogP contribution is 2.39. The van der Waals surface area contributed by atoms with Gasteiger partial charge in [-0.05, 0) is 30.5 Å². The van der Waals surface area contributed by atoms with Crippen LogP contribution >= 0.6 is 0 Å². The molecule has 0 bridgehead atoms. The van der Waals surface area contributed by atoms with Gasteiger partial charge in [0.05, 0.1) is 11.1 Å². The van der Waals surface area contributed by atoms with Crippen LogP contribution in [0.4, 0.5) is 26.3 Å². The predicted octanol–water partition coefficient (Wildman–Crippen LogP) is 4.69. The Morgan fingerprint density at radius 1 is 1.10 bits per heavy atom. The number of hydrogen-bond donors (Lipinski definition) is 1. The molecule has 2 N–H and O–H groups in total. The summed E-state index contributed by atoms with van der Waals surface area (Å²) in [5.74, 6) is 0. The van der Waals surface area contributed by atoms with Crippen molar-refractivity contribution in [2.24, 2.45) is 5.73 Å². The Morgan fingerprint density at radius 3 is 2.15 bits per heavy atom. The lowest BCUT2D eigenvalue weighted by Gasteiger charge is -2.19. The van der Waals surface area contributed by atoms with Crippen molar-refractivity contribution >= 4 is 0 Å². The third kappa shape index (κ3) is 4.00. The number of halogens is 6. The fraction of sp³-hybridized carbons (Fsp3) is 0.385. The minimum absolute atomic E-state index is 0.100. The van der Waals surface area contributed by atoms with Crippen molar-refractivity contribution in [1.82, 2.24) is 0 Å². The first-order valence-corrected chi connectivity index (χ1v) is 5.72. The molecule has 0 aliphatic carbocycles. The van der Waals surface area contributed by atoms with Gasteiger partial charge in [0.15, 0.2) is 0 Å². The van der Waals surface area contributed by atoms with Crippen LogP contribution in [0.2, 0.25) is 0 Å². The summed E-state index contributed by atoms with van der Waals surface area (Å²) in [6, 6.07) is 0.507. The summed E-state index contributed by atoms with van der Waals surface area (Å²) >= 11 is 0. The minimum Gasteiger partial charge on any atom is -0.324 e. The zero-order valence-electron chi connectivity index (χ0n) is 10.4. The highest BCUT2D eigenvalue weighted by atomic mass is 19.4. The maximum Gasteiger partial charge on any atom is 0.416 e. The van der Waals surface area contributed by atoms with Crippen molar-refractivity contribution < 1.29 is 26.3 Å². The van der Waals surface area contributed by atoms with Crippen molar-refractivity contribution in [3.63, 3.8) is 0 Å². The van der Waals surface area contributed by atoms with Crippen LogP contribution in [0.1, 0.15) is 35.6 Å². The standard InChI is InChI=1S/C13H13F6N/c1-2-3-4-11(20)9-6-5-8(12(14,15)16)7-10(9)13(17,18)19/h2,5-7,11H,1,3-4,20H2/t11-/m0/s1. The van der Waals surface area contributed by atoms with Gasteiger partial charge in [0, 0.05) is 6.04 Å². The van der Waals surface area contributed by atoms with Gasteiger partial charge in [-0.3, -0.25) is 0 Å². The lowest BCUT2D eigenvalue weighted by atomic mass is 9.95. The van der Waals surface area contributed by atoms with Crippen LogP contribution in [0.5, 0.6) is 0 Å². The Hall–Kier alpha value is -1.50. The van der Waals surface area contributed by atoms with Gasteiger partial charge in [0.2, 0.25) is 0 Å². The van der Waals surface area contributed by atoms with Crippen molar-refractivity contribution in [1.29, 1.82) is 0 Å². The molecule has 0 heterocycles. The van der Waals surface area contributed by atoms with Gasteiger partial charge < -0.3 is 5.73 Å². The first-order valence-electron chi connectivity index (χ1n) is 5.72. The molecule has 112 valence electrons. The number of alkyl halides is 6. The van der Waals surface area contributed by atoms with Gasteiger partial charge in [-0.2, -0.15) is 26.3 Å². The van der Waals surface area contributed by atoms with Crippen molar-refractivity contribution in [2.45, 2.75) is 31.2 Å². The number of rotatable bonds is 4. The van der Waals surface area contributed by atoms with E-state index in [2.05, 4.69) is 6.58 Å². The van der Waals surface area contributed by atoms with Crippen LogP contribution in [0.15, 0.2) is 30.9 Å². The summed E-state index contributed by atoms with van der Waals surface area (Å²) in [7, 11) is 0.